The highest BCUT2D eigenvalue weighted by atomic mass is 35.5. The van der Waals surface area contributed by atoms with Crippen LogP contribution in [0.3, 0.4) is 0 Å². The Morgan fingerprint density at radius 1 is 1.33 bits per heavy atom. The second kappa shape index (κ2) is 4.69. The fraction of sp³-hybridized carbons (Fsp3) is 0.333. The molecule has 0 saturated heterocycles. The van der Waals surface area contributed by atoms with Crippen LogP contribution >= 0.6 is 11.6 Å². The molecule has 0 amide bonds. The predicted molar refractivity (Wildman–Crippen MR) is 59.7 cm³/mol. The van der Waals surface area contributed by atoms with E-state index in [1.807, 2.05) is 24.3 Å². The molecule has 1 aliphatic rings. The van der Waals surface area contributed by atoms with E-state index in [4.69, 9.17) is 16.3 Å². The lowest BCUT2D eigenvalue weighted by molar-refractivity contribution is 0.0918. The molecule has 1 unspecified atom stereocenters. The van der Waals surface area contributed by atoms with E-state index in [-0.39, 0.29) is 0 Å². The average Bonchev–Trinajstić information content (AvgIpc) is 2.30. The largest absolute Gasteiger partial charge is 0.495 e. The SMILES string of the molecule is OC(C1=CCCCO1)c1ccccc1Cl. The van der Waals surface area contributed by atoms with Crippen molar-refractivity contribution >= 4 is 11.6 Å². The maximum absolute atomic E-state index is 10.0. The van der Waals surface area contributed by atoms with Crippen molar-refractivity contribution in [2.24, 2.45) is 0 Å². The molecule has 1 aromatic carbocycles. The molecule has 0 spiro atoms. The van der Waals surface area contributed by atoms with Gasteiger partial charge in [0.1, 0.15) is 11.9 Å². The molecular formula is C12H13ClO2. The van der Waals surface area contributed by atoms with E-state index in [2.05, 4.69) is 0 Å². The number of halogens is 1. The van der Waals surface area contributed by atoms with Gasteiger partial charge in [0.2, 0.25) is 0 Å². The van der Waals surface area contributed by atoms with Gasteiger partial charge in [-0.2, -0.15) is 0 Å². The summed E-state index contributed by atoms with van der Waals surface area (Å²) in [5.74, 6) is 0.620. The molecule has 0 fully saturated rings. The van der Waals surface area contributed by atoms with Crippen molar-refractivity contribution in [2.75, 3.05) is 6.61 Å². The Morgan fingerprint density at radius 3 is 2.80 bits per heavy atom. The van der Waals surface area contributed by atoms with Gasteiger partial charge in [0, 0.05) is 10.6 Å². The first-order chi connectivity index (χ1) is 7.29. The van der Waals surface area contributed by atoms with Gasteiger partial charge in [-0.25, -0.2) is 0 Å². The van der Waals surface area contributed by atoms with Crippen LogP contribution in [0.15, 0.2) is 36.1 Å². The third-order valence-corrected chi connectivity index (χ3v) is 2.78. The maximum atomic E-state index is 10.0. The molecule has 1 heterocycles. The van der Waals surface area contributed by atoms with E-state index < -0.39 is 6.10 Å². The molecule has 15 heavy (non-hydrogen) atoms. The first-order valence-corrected chi connectivity index (χ1v) is 5.42. The van der Waals surface area contributed by atoms with E-state index in [9.17, 15) is 5.11 Å². The lowest BCUT2D eigenvalue weighted by Gasteiger charge is -2.20. The molecule has 2 rings (SSSR count). The monoisotopic (exact) mass is 224 g/mol. The first-order valence-electron chi connectivity index (χ1n) is 5.04. The van der Waals surface area contributed by atoms with E-state index in [1.165, 1.54) is 0 Å². The highest BCUT2D eigenvalue weighted by Crippen LogP contribution is 2.30. The lowest BCUT2D eigenvalue weighted by atomic mass is 10.1. The lowest BCUT2D eigenvalue weighted by Crippen LogP contribution is -2.10. The van der Waals surface area contributed by atoms with E-state index in [0.29, 0.717) is 23.0 Å². The molecule has 1 aliphatic heterocycles. The van der Waals surface area contributed by atoms with Crippen LogP contribution in [0.5, 0.6) is 0 Å². The van der Waals surface area contributed by atoms with E-state index in [0.717, 1.165) is 12.8 Å². The number of allylic oxidation sites excluding steroid dienone is 1. The first kappa shape index (κ1) is 10.5. The van der Waals surface area contributed by atoms with Crippen LogP contribution in [-0.4, -0.2) is 11.7 Å². The maximum Gasteiger partial charge on any atom is 0.137 e. The normalized spacial score (nSPS) is 17.9. The van der Waals surface area contributed by atoms with Crippen molar-refractivity contribution < 1.29 is 9.84 Å². The van der Waals surface area contributed by atoms with Crippen LogP contribution in [0.2, 0.25) is 5.02 Å². The molecule has 3 heteroatoms. The van der Waals surface area contributed by atoms with Crippen LogP contribution < -0.4 is 0 Å². The summed E-state index contributed by atoms with van der Waals surface area (Å²) >= 11 is 6.00. The van der Waals surface area contributed by atoms with Gasteiger partial charge in [-0.3, -0.25) is 0 Å². The summed E-state index contributed by atoms with van der Waals surface area (Å²) in [6, 6.07) is 7.28. The van der Waals surface area contributed by atoms with Crippen LogP contribution in [0.1, 0.15) is 24.5 Å². The van der Waals surface area contributed by atoms with Crippen molar-refractivity contribution in [3.8, 4) is 0 Å². The van der Waals surface area contributed by atoms with Gasteiger partial charge in [0.25, 0.3) is 0 Å². The minimum absolute atomic E-state index is 0.570. The van der Waals surface area contributed by atoms with Crippen molar-refractivity contribution in [2.45, 2.75) is 18.9 Å². The Labute approximate surface area is 94.1 Å². The van der Waals surface area contributed by atoms with Gasteiger partial charge < -0.3 is 9.84 Å². The molecule has 0 aliphatic carbocycles. The van der Waals surface area contributed by atoms with Crippen LogP contribution in [0.4, 0.5) is 0 Å². The van der Waals surface area contributed by atoms with Gasteiger partial charge in [-0.1, -0.05) is 29.8 Å². The molecule has 0 bridgehead atoms. The number of ether oxygens (including phenoxy) is 1. The van der Waals surface area contributed by atoms with Crippen molar-refractivity contribution in [3.05, 3.63) is 46.7 Å². The second-order valence-electron chi connectivity index (χ2n) is 3.52. The van der Waals surface area contributed by atoms with Crippen molar-refractivity contribution in [1.29, 1.82) is 0 Å². The summed E-state index contributed by atoms with van der Waals surface area (Å²) in [6.07, 6.45) is 3.16. The minimum atomic E-state index is -0.737. The Morgan fingerprint density at radius 2 is 2.13 bits per heavy atom. The zero-order chi connectivity index (χ0) is 10.7. The topological polar surface area (TPSA) is 29.5 Å². The highest BCUT2D eigenvalue weighted by Gasteiger charge is 2.18. The highest BCUT2D eigenvalue weighted by molar-refractivity contribution is 6.31. The Balaban J connectivity index is 2.23. The number of benzene rings is 1. The number of aliphatic hydroxyl groups is 1. The van der Waals surface area contributed by atoms with Crippen LogP contribution in [0, 0.1) is 0 Å². The summed E-state index contributed by atoms with van der Waals surface area (Å²) in [6.45, 7) is 0.674. The molecule has 1 atom stereocenters. The summed E-state index contributed by atoms with van der Waals surface area (Å²) in [4.78, 5) is 0. The summed E-state index contributed by atoms with van der Waals surface area (Å²) in [7, 11) is 0. The molecular weight excluding hydrogens is 212 g/mol. The average molecular weight is 225 g/mol. The number of hydrogen-bond acceptors (Lipinski definition) is 2. The second-order valence-corrected chi connectivity index (χ2v) is 3.93. The van der Waals surface area contributed by atoms with Gasteiger partial charge in [0.15, 0.2) is 0 Å². The van der Waals surface area contributed by atoms with Crippen LogP contribution in [-0.2, 0) is 4.74 Å². The number of aliphatic hydroxyl groups excluding tert-OH is 1. The Kier molecular flexibility index (Phi) is 3.29. The number of rotatable bonds is 2. The third-order valence-electron chi connectivity index (χ3n) is 2.43. The smallest absolute Gasteiger partial charge is 0.137 e. The van der Waals surface area contributed by atoms with E-state index in [1.54, 1.807) is 6.07 Å². The minimum Gasteiger partial charge on any atom is -0.495 e. The molecule has 1 N–H and O–H groups in total. The molecule has 0 saturated carbocycles. The molecule has 1 aromatic rings. The Bertz CT molecular complexity index is 374. The van der Waals surface area contributed by atoms with Gasteiger partial charge >= 0.3 is 0 Å². The van der Waals surface area contributed by atoms with E-state index >= 15 is 0 Å². The third kappa shape index (κ3) is 2.33. The molecule has 0 radical (unpaired) electrons. The molecule has 0 aromatic heterocycles. The van der Waals surface area contributed by atoms with Crippen molar-refractivity contribution in [3.63, 3.8) is 0 Å². The summed E-state index contributed by atoms with van der Waals surface area (Å²) in [5, 5.41) is 10.6. The molecule has 2 nitrogen and oxygen atoms in total. The van der Waals surface area contributed by atoms with Crippen molar-refractivity contribution in [1.82, 2.24) is 0 Å². The number of hydrogen-bond donors (Lipinski definition) is 1. The zero-order valence-corrected chi connectivity index (χ0v) is 9.07. The zero-order valence-electron chi connectivity index (χ0n) is 8.32. The fourth-order valence-corrected chi connectivity index (χ4v) is 1.86. The predicted octanol–water partition coefficient (Wildman–Crippen LogP) is 3.07. The molecule has 80 valence electrons. The summed E-state index contributed by atoms with van der Waals surface area (Å²) in [5.41, 5.74) is 0.701. The Hall–Kier alpha value is -0.990. The van der Waals surface area contributed by atoms with Crippen LogP contribution in [0.25, 0.3) is 0 Å². The standard InChI is InChI=1S/C12H13ClO2/c13-10-6-2-1-5-9(10)12(14)11-7-3-4-8-15-11/h1-2,5-7,12,14H,3-4,8H2. The fourth-order valence-electron chi connectivity index (χ4n) is 1.62. The summed E-state index contributed by atoms with van der Waals surface area (Å²) < 4.78 is 5.40. The van der Waals surface area contributed by atoms with Gasteiger partial charge in [-0.15, -0.1) is 0 Å². The quantitative estimate of drug-likeness (QED) is 0.837. The van der Waals surface area contributed by atoms with Gasteiger partial charge in [-0.05, 0) is 25.0 Å². The van der Waals surface area contributed by atoms with Gasteiger partial charge in [0.05, 0.1) is 6.61 Å².